The fraction of sp³-hybridized carbons (Fsp3) is 0.375. The lowest BCUT2D eigenvalue weighted by atomic mass is 9.72. The number of nitrogens with zero attached hydrogens (tertiary/aromatic N) is 1. The molecule has 34 heavy (non-hydrogen) atoms. The molecule has 1 N–H and O–H groups in total. The van der Waals surface area contributed by atoms with Crippen molar-refractivity contribution in [3.8, 4) is 0 Å². The van der Waals surface area contributed by atoms with E-state index in [0.29, 0.717) is 31.2 Å². The number of halogens is 4. The van der Waals surface area contributed by atoms with Crippen LogP contribution in [0.1, 0.15) is 42.7 Å². The van der Waals surface area contributed by atoms with Crippen LogP contribution in [0, 0.1) is 5.82 Å². The number of alkyl halides is 3. The zero-order valence-electron chi connectivity index (χ0n) is 18.0. The minimum Gasteiger partial charge on any atom is -0.372 e. The number of pyridine rings is 1. The number of aromatic nitrogens is 1. The number of nitrogens with one attached hydrogen (secondary N) is 1. The molecule has 5 rings (SSSR count). The molecule has 1 atom stereocenters. The third-order valence-electron chi connectivity index (χ3n) is 6.96. The van der Waals surface area contributed by atoms with Gasteiger partial charge in [0.25, 0.3) is 0 Å². The Labute approximate surface area is 194 Å². The van der Waals surface area contributed by atoms with Gasteiger partial charge >= 0.3 is 6.18 Å². The molecule has 180 valence electrons. The molecule has 0 amide bonds. The smallest absolute Gasteiger partial charge is 0.372 e. The third kappa shape index (κ3) is 4.13. The predicted octanol–water partition coefficient (Wildman–Crippen LogP) is 5.63. The van der Waals surface area contributed by atoms with Crippen LogP contribution in [-0.2, 0) is 20.9 Å². The second kappa shape index (κ2) is 8.20. The minimum atomic E-state index is -4.49. The Kier molecular flexibility index (Phi) is 5.55. The van der Waals surface area contributed by atoms with Gasteiger partial charge in [0.15, 0.2) is 0 Å². The summed E-state index contributed by atoms with van der Waals surface area (Å²) in [5.74, 6) is -0.217. The van der Waals surface area contributed by atoms with Crippen LogP contribution in [0.5, 0.6) is 0 Å². The molecule has 1 aromatic heterocycles. The first-order valence-electron chi connectivity index (χ1n) is 10.9. The maximum absolute atomic E-state index is 13.8. The molecule has 0 bridgehead atoms. The van der Waals surface area contributed by atoms with E-state index < -0.39 is 32.6 Å². The highest BCUT2D eigenvalue weighted by atomic mass is 32.2. The highest BCUT2D eigenvalue weighted by molar-refractivity contribution is 7.93. The second-order valence-corrected chi connectivity index (χ2v) is 10.8. The predicted molar refractivity (Wildman–Crippen MR) is 119 cm³/mol. The number of fused-ring (bicyclic) bond motifs is 1. The number of ether oxygens (including phenoxy) is 1. The van der Waals surface area contributed by atoms with Gasteiger partial charge < -0.3 is 4.74 Å². The standard InChI is InChI=1S/C24H22F4N2O3S/c25-17-3-6-21-20(13-17)19(9-12-29-21)15-7-10-23(11-8-15)22(14-33-23)34(31,32)30-18-4-1-16(2-5-18)24(26,27)28/h1-6,9,12-13,15,22,30H,7-8,10-11,14H2. The second-order valence-electron chi connectivity index (χ2n) is 8.92. The number of hydrogen-bond donors (Lipinski definition) is 1. The summed E-state index contributed by atoms with van der Waals surface area (Å²) in [6, 6.07) is 10.3. The van der Waals surface area contributed by atoms with Gasteiger partial charge in [0.2, 0.25) is 10.0 Å². The largest absolute Gasteiger partial charge is 0.416 e. The lowest BCUT2D eigenvalue weighted by Gasteiger charge is -2.52. The van der Waals surface area contributed by atoms with Crippen molar-refractivity contribution in [2.24, 2.45) is 0 Å². The number of sulfonamides is 1. The molecule has 1 aliphatic heterocycles. The quantitative estimate of drug-likeness (QED) is 0.478. The Hall–Kier alpha value is -2.72. The van der Waals surface area contributed by atoms with Gasteiger partial charge in [-0.05, 0) is 85.7 Å². The number of benzene rings is 2. The van der Waals surface area contributed by atoms with E-state index in [9.17, 15) is 26.0 Å². The molecule has 3 aromatic rings. The topological polar surface area (TPSA) is 68.3 Å². The van der Waals surface area contributed by atoms with Gasteiger partial charge in [-0.1, -0.05) is 0 Å². The first kappa shape index (κ1) is 23.0. The SMILES string of the molecule is O=S(=O)(Nc1ccc(C(F)(F)F)cc1)C1COC12CCC(c1ccnc3ccc(F)cc13)CC2. The first-order chi connectivity index (χ1) is 16.1. The molecule has 1 spiro atoms. The summed E-state index contributed by atoms with van der Waals surface area (Å²) < 4.78 is 86.5. The van der Waals surface area contributed by atoms with Gasteiger partial charge in [0, 0.05) is 17.3 Å². The third-order valence-corrected chi connectivity index (χ3v) is 8.80. The van der Waals surface area contributed by atoms with Gasteiger partial charge in [-0.25, -0.2) is 12.8 Å². The maximum atomic E-state index is 13.8. The Morgan fingerprint density at radius 3 is 2.35 bits per heavy atom. The van der Waals surface area contributed by atoms with Crippen molar-refractivity contribution in [3.05, 3.63) is 71.7 Å². The molecule has 1 saturated heterocycles. The highest BCUT2D eigenvalue weighted by Gasteiger charge is 2.56. The van der Waals surface area contributed by atoms with Crippen LogP contribution in [0.25, 0.3) is 10.9 Å². The lowest BCUT2D eigenvalue weighted by molar-refractivity contribution is -0.160. The van der Waals surface area contributed by atoms with Gasteiger partial charge in [0.05, 0.1) is 23.3 Å². The normalized spacial score (nSPS) is 25.3. The number of hydrogen-bond acceptors (Lipinski definition) is 4. The summed E-state index contributed by atoms with van der Waals surface area (Å²) in [6.07, 6.45) is -0.441. The molecule has 1 aliphatic carbocycles. The van der Waals surface area contributed by atoms with E-state index in [-0.39, 0.29) is 24.0 Å². The van der Waals surface area contributed by atoms with E-state index in [2.05, 4.69) is 9.71 Å². The van der Waals surface area contributed by atoms with Gasteiger partial charge in [0.1, 0.15) is 11.1 Å². The Morgan fingerprint density at radius 1 is 1.03 bits per heavy atom. The molecule has 2 fully saturated rings. The van der Waals surface area contributed by atoms with Gasteiger partial charge in [-0.3, -0.25) is 9.71 Å². The fourth-order valence-electron chi connectivity index (χ4n) is 5.10. The summed E-state index contributed by atoms with van der Waals surface area (Å²) in [5.41, 5.74) is 0.0958. The van der Waals surface area contributed by atoms with Crippen LogP contribution in [-0.4, -0.2) is 30.9 Å². The van der Waals surface area contributed by atoms with E-state index in [4.69, 9.17) is 4.74 Å². The van der Waals surface area contributed by atoms with Crippen molar-refractivity contribution < 1.29 is 30.7 Å². The fourth-order valence-corrected chi connectivity index (χ4v) is 6.82. The molecule has 1 saturated carbocycles. The van der Waals surface area contributed by atoms with E-state index in [1.807, 2.05) is 6.07 Å². The van der Waals surface area contributed by atoms with Crippen LogP contribution < -0.4 is 4.72 Å². The molecule has 10 heteroatoms. The van der Waals surface area contributed by atoms with Crippen LogP contribution in [0.2, 0.25) is 0 Å². The zero-order chi connectivity index (χ0) is 24.1. The van der Waals surface area contributed by atoms with E-state index in [0.717, 1.165) is 35.2 Å². The van der Waals surface area contributed by atoms with Crippen molar-refractivity contribution in [1.29, 1.82) is 0 Å². The van der Waals surface area contributed by atoms with Crippen molar-refractivity contribution in [1.82, 2.24) is 4.98 Å². The molecule has 0 radical (unpaired) electrons. The zero-order valence-corrected chi connectivity index (χ0v) is 18.8. The summed E-state index contributed by atoms with van der Waals surface area (Å²) in [7, 11) is -3.87. The molecular weight excluding hydrogens is 472 g/mol. The highest BCUT2D eigenvalue weighted by Crippen LogP contribution is 2.49. The van der Waals surface area contributed by atoms with E-state index >= 15 is 0 Å². The van der Waals surface area contributed by atoms with Crippen LogP contribution >= 0.6 is 0 Å². The molecular formula is C24H22F4N2O3S. The Morgan fingerprint density at radius 2 is 1.74 bits per heavy atom. The van der Waals surface area contributed by atoms with Crippen LogP contribution in [0.4, 0.5) is 23.2 Å². The Balaban J connectivity index is 1.30. The van der Waals surface area contributed by atoms with E-state index in [1.54, 1.807) is 12.3 Å². The molecule has 5 nitrogen and oxygen atoms in total. The van der Waals surface area contributed by atoms with Crippen molar-refractivity contribution in [3.63, 3.8) is 0 Å². The minimum absolute atomic E-state index is 0.0318. The monoisotopic (exact) mass is 494 g/mol. The maximum Gasteiger partial charge on any atom is 0.416 e. The summed E-state index contributed by atoms with van der Waals surface area (Å²) in [5, 5.41) is -0.0407. The first-order valence-corrected chi connectivity index (χ1v) is 12.5. The van der Waals surface area contributed by atoms with Gasteiger partial charge in [-0.2, -0.15) is 13.2 Å². The Bertz CT molecular complexity index is 1320. The number of anilines is 1. The van der Waals surface area contributed by atoms with Crippen LogP contribution in [0.15, 0.2) is 54.7 Å². The summed E-state index contributed by atoms with van der Waals surface area (Å²) in [6.45, 7) is 0.0318. The lowest BCUT2D eigenvalue weighted by Crippen LogP contribution is -2.63. The number of rotatable bonds is 4. The van der Waals surface area contributed by atoms with Gasteiger partial charge in [-0.15, -0.1) is 0 Å². The summed E-state index contributed by atoms with van der Waals surface area (Å²) >= 11 is 0. The van der Waals surface area contributed by atoms with Crippen LogP contribution in [0.3, 0.4) is 0 Å². The average Bonchev–Trinajstić information content (AvgIpc) is 2.77. The molecule has 1 unspecified atom stereocenters. The summed E-state index contributed by atoms with van der Waals surface area (Å²) in [4.78, 5) is 4.30. The van der Waals surface area contributed by atoms with Crippen molar-refractivity contribution >= 4 is 26.6 Å². The molecule has 2 aliphatic rings. The molecule has 2 heterocycles. The average molecular weight is 495 g/mol. The van der Waals surface area contributed by atoms with E-state index in [1.165, 1.54) is 12.1 Å². The molecule has 2 aromatic carbocycles. The van der Waals surface area contributed by atoms with Crippen molar-refractivity contribution in [2.75, 3.05) is 11.3 Å². The van der Waals surface area contributed by atoms with Crippen molar-refractivity contribution in [2.45, 2.75) is 48.6 Å².